The number of ether oxygens (including phenoxy) is 2. The summed E-state index contributed by atoms with van der Waals surface area (Å²) in [5.41, 5.74) is 1.80. The Kier molecular flexibility index (Phi) is 3.77. The van der Waals surface area contributed by atoms with Gasteiger partial charge in [-0.15, -0.1) is 0 Å². The number of fused-ring (bicyclic) bond motifs is 1. The lowest BCUT2D eigenvalue weighted by Crippen LogP contribution is -2.17. The third-order valence-corrected chi connectivity index (χ3v) is 3.28. The molecule has 1 unspecified atom stereocenters. The lowest BCUT2D eigenvalue weighted by atomic mass is 10.2. The Bertz CT molecular complexity index is 640. The molecule has 1 aliphatic heterocycles. The number of anilines is 1. The number of benzene rings is 2. The molecule has 1 N–H and O–H groups in total. The van der Waals surface area contributed by atoms with Crippen molar-refractivity contribution in [2.24, 2.45) is 0 Å². The van der Waals surface area contributed by atoms with Gasteiger partial charge in [-0.05, 0) is 24.6 Å². The van der Waals surface area contributed by atoms with Crippen LogP contribution < -0.4 is 14.8 Å². The van der Waals surface area contributed by atoms with Gasteiger partial charge in [-0.1, -0.05) is 30.3 Å². The molecule has 4 nitrogen and oxygen atoms in total. The lowest BCUT2D eigenvalue weighted by Gasteiger charge is -2.13. The minimum atomic E-state index is -0.143. The van der Waals surface area contributed by atoms with Gasteiger partial charge in [0.05, 0.1) is 12.1 Å². The first-order valence-corrected chi connectivity index (χ1v) is 6.98. The van der Waals surface area contributed by atoms with Gasteiger partial charge in [0.2, 0.25) is 5.91 Å². The molecule has 3 rings (SSSR count). The van der Waals surface area contributed by atoms with Crippen LogP contribution in [0.1, 0.15) is 18.9 Å². The van der Waals surface area contributed by atoms with E-state index in [1.807, 2.05) is 55.5 Å². The fourth-order valence-corrected chi connectivity index (χ4v) is 2.25. The fourth-order valence-electron chi connectivity index (χ4n) is 2.25. The van der Waals surface area contributed by atoms with E-state index in [0.29, 0.717) is 24.5 Å². The van der Waals surface area contributed by atoms with E-state index < -0.39 is 0 Å². The first kappa shape index (κ1) is 13.5. The summed E-state index contributed by atoms with van der Waals surface area (Å²) in [5.74, 6) is 1.35. The van der Waals surface area contributed by atoms with Crippen LogP contribution in [0.4, 0.5) is 5.69 Å². The van der Waals surface area contributed by atoms with E-state index in [4.69, 9.17) is 9.47 Å². The summed E-state index contributed by atoms with van der Waals surface area (Å²) < 4.78 is 11.5. The van der Waals surface area contributed by atoms with Crippen LogP contribution in [0, 0.1) is 0 Å². The summed E-state index contributed by atoms with van der Waals surface area (Å²) >= 11 is 0. The van der Waals surface area contributed by atoms with E-state index in [9.17, 15) is 4.79 Å². The van der Waals surface area contributed by atoms with E-state index in [0.717, 1.165) is 11.3 Å². The highest BCUT2D eigenvalue weighted by atomic mass is 16.5. The molecule has 0 aliphatic carbocycles. The van der Waals surface area contributed by atoms with E-state index in [1.54, 1.807) is 0 Å². The molecule has 1 atom stereocenters. The normalized spacial score (nSPS) is 17.2. The second-order valence-electron chi connectivity index (χ2n) is 5.11. The predicted octanol–water partition coefficient (Wildman–Crippen LogP) is 3.38. The van der Waals surface area contributed by atoms with Crippen molar-refractivity contribution in [2.75, 3.05) is 5.32 Å². The Morgan fingerprint density at radius 1 is 1.24 bits per heavy atom. The highest BCUT2D eigenvalue weighted by molar-refractivity contribution is 5.93. The van der Waals surface area contributed by atoms with Crippen LogP contribution in [0.25, 0.3) is 0 Å². The summed E-state index contributed by atoms with van der Waals surface area (Å²) in [6.45, 7) is 2.38. The molecule has 0 spiro atoms. The number of hydrogen-bond acceptors (Lipinski definition) is 3. The summed E-state index contributed by atoms with van der Waals surface area (Å²) in [4.78, 5) is 11.6. The smallest absolute Gasteiger partial charge is 0.228 e. The summed E-state index contributed by atoms with van der Waals surface area (Å²) in [6.07, 6.45) is 0.213. The minimum Gasteiger partial charge on any atom is -0.489 e. The number of rotatable bonds is 3. The molecule has 0 radical (unpaired) electrons. The Morgan fingerprint density at radius 3 is 2.86 bits per heavy atom. The zero-order chi connectivity index (χ0) is 14.7. The fraction of sp³-hybridized carbons (Fsp3) is 0.235. The molecule has 0 fully saturated rings. The highest BCUT2D eigenvalue weighted by Gasteiger charge is 2.19. The zero-order valence-electron chi connectivity index (χ0n) is 11.8. The van der Waals surface area contributed by atoms with Crippen LogP contribution >= 0.6 is 0 Å². The Hall–Kier alpha value is -2.49. The monoisotopic (exact) mass is 283 g/mol. The Morgan fingerprint density at radius 2 is 2.05 bits per heavy atom. The molecular formula is C17H17NO3. The van der Waals surface area contributed by atoms with Crippen LogP contribution in [-0.4, -0.2) is 12.0 Å². The van der Waals surface area contributed by atoms with Crippen LogP contribution in [0.2, 0.25) is 0 Å². The van der Waals surface area contributed by atoms with E-state index >= 15 is 0 Å². The second kappa shape index (κ2) is 5.87. The van der Waals surface area contributed by atoms with Crippen molar-refractivity contribution >= 4 is 11.6 Å². The SMILES string of the molecule is CC1CC(=O)Nc2ccc(OCc3ccccc3)cc2O1. The summed E-state index contributed by atoms with van der Waals surface area (Å²) in [6, 6.07) is 15.4. The van der Waals surface area contributed by atoms with E-state index in [-0.39, 0.29) is 12.0 Å². The molecule has 1 amide bonds. The van der Waals surface area contributed by atoms with Gasteiger partial charge in [0, 0.05) is 6.07 Å². The van der Waals surface area contributed by atoms with E-state index in [2.05, 4.69) is 5.32 Å². The van der Waals surface area contributed by atoms with Gasteiger partial charge < -0.3 is 14.8 Å². The number of carbonyl (C=O) groups is 1. The second-order valence-corrected chi connectivity index (χ2v) is 5.11. The minimum absolute atomic E-state index is 0.0285. The van der Waals surface area contributed by atoms with Crippen molar-refractivity contribution < 1.29 is 14.3 Å². The maximum absolute atomic E-state index is 11.6. The van der Waals surface area contributed by atoms with Crippen molar-refractivity contribution in [3.05, 3.63) is 54.1 Å². The molecule has 1 heterocycles. The number of carbonyl (C=O) groups excluding carboxylic acids is 1. The van der Waals surface area contributed by atoms with Gasteiger partial charge in [-0.25, -0.2) is 0 Å². The van der Waals surface area contributed by atoms with Gasteiger partial charge in [0.15, 0.2) is 0 Å². The average molecular weight is 283 g/mol. The molecule has 0 saturated carbocycles. The molecule has 0 saturated heterocycles. The van der Waals surface area contributed by atoms with Gasteiger partial charge in [0.1, 0.15) is 24.2 Å². The molecule has 2 aromatic carbocycles. The number of amides is 1. The van der Waals surface area contributed by atoms with Crippen LogP contribution in [0.3, 0.4) is 0 Å². The third-order valence-electron chi connectivity index (χ3n) is 3.28. The van der Waals surface area contributed by atoms with Crippen molar-refractivity contribution in [1.29, 1.82) is 0 Å². The molecule has 108 valence electrons. The molecule has 0 aromatic heterocycles. The van der Waals surface area contributed by atoms with Crippen molar-refractivity contribution in [3.8, 4) is 11.5 Å². The topological polar surface area (TPSA) is 47.6 Å². The van der Waals surface area contributed by atoms with Crippen molar-refractivity contribution in [1.82, 2.24) is 0 Å². The Labute approximate surface area is 123 Å². The molecular weight excluding hydrogens is 266 g/mol. The molecule has 0 bridgehead atoms. The maximum Gasteiger partial charge on any atom is 0.228 e. The van der Waals surface area contributed by atoms with Crippen molar-refractivity contribution in [2.45, 2.75) is 26.1 Å². The van der Waals surface area contributed by atoms with Gasteiger partial charge in [-0.3, -0.25) is 4.79 Å². The molecule has 4 heteroatoms. The number of nitrogens with one attached hydrogen (secondary N) is 1. The summed E-state index contributed by atoms with van der Waals surface area (Å²) in [5, 5.41) is 2.83. The molecule has 1 aliphatic rings. The van der Waals surface area contributed by atoms with Gasteiger partial charge in [0.25, 0.3) is 0 Å². The molecule has 21 heavy (non-hydrogen) atoms. The first-order valence-electron chi connectivity index (χ1n) is 6.98. The van der Waals surface area contributed by atoms with Crippen LogP contribution in [-0.2, 0) is 11.4 Å². The lowest BCUT2D eigenvalue weighted by molar-refractivity contribution is -0.117. The predicted molar refractivity (Wildman–Crippen MR) is 80.6 cm³/mol. The van der Waals surface area contributed by atoms with Crippen molar-refractivity contribution in [3.63, 3.8) is 0 Å². The average Bonchev–Trinajstić information content (AvgIpc) is 2.62. The highest BCUT2D eigenvalue weighted by Crippen LogP contribution is 2.32. The van der Waals surface area contributed by atoms with Crippen LogP contribution in [0.5, 0.6) is 11.5 Å². The van der Waals surface area contributed by atoms with Gasteiger partial charge in [-0.2, -0.15) is 0 Å². The number of hydrogen-bond donors (Lipinski definition) is 1. The molecule has 2 aromatic rings. The zero-order valence-corrected chi connectivity index (χ0v) is 11.8. The standard InChI is InChI=1S/C17H17NO3/c1-12-9-17(19)18-15-8-7-14(10-16(15)21-12)20-11-13-5-3-2-4-6-13/h2-8,10,12H,9,11H2,1H3,(H,18,19). The largest absolute Gasteiger partial charge is 0.489 e. The quantitative estimate of drug-likeness (QED) is 0.939. The third kappa shape index (κ3) is 3.34. The maximum atomic E-state index is 11.6. The Balaban J connectivity index is 1.75. The first-order chi connectivity index (χ1) is 10.2. The summed E-state index contributed by atoms with van der Waals surface area (Å²) in [7, 11) is 0. The van der Waals surface area contributed by atoms with Crippen LogP contribution in [0.15, 0.2) is 48.5 Å². The van der Waals surface area contributed by atoms with E-state index in [1.165, 1.54) is 0 Å². The van der Waals surface area contributed by atoms with Gasteiger partial charge >= 0.3 is 0 Å².